The van der Waals surface area contributed by atoms with Gasteiger partial charge in [-0.2, -0.15) is 0 Å². The summed E-state index contributed by atoms with van der Waals surface area (Å²) < 4.78 is 0. The van der Waals surface area contributed by atoms with Crippen molar-refractivity contribution < 1.29 is 14.7 Å². The fourth-order valence-corrected chi connectivity index (χ4v) is 1.45. The van der Waals surface area contributed by atoms with E-state index in [4.69, 9.17) is 11.5 Å². The van der Waals surface area contributed by atoms with Crippen molar-refractivity contribution in [1.29, 1.82) is 0 Å². The van der Waals surface area contributed by atoms with Gasteiger partial charge in [0.2, 0.25) is 5.91 Å². The fraction of sp³-hybridized carbons (Fsp3) is 0.333. The molecule has 6 N–H and O–H groups in total. The Morgan fingerprint density at radius 3 is 2.28 bits per heavy atom. The van der Waals surface area contributed by atoms with Gasteiger partial charge >= 0.3 is 0 Å². The van der Waals surface area contributed by atoms with E-state index >= 15 is 0 Å². The third kappa shape index (κ3) is 3.54. The SMILES string of the molecule is CC(O)C(NC(=O)c1ccc(CN)cc1)C(N)=O. The Labute approximate surface area is 105 Å². The van der Waals surface area contributed by atoms with Gasteiger partial charge in [0.1, 0.15) is 6.04 Å². The molecule has 0 fully saturated rings. The van der Waals surface area contributed by atoms with Crippen LogP contribution in [-0.4, -0.2) is 29.1 Å². The maximum Gasteiger partial charge on any atom is 0.252 e. The molecule has 0 aliphatic heterocycles. The van der Waals surface area contributed by atoms with E-state index in [9.17, 15) is 14.7 Å². The summed E-state index contributed by atoms with van der Waals surface area (Å²) in [5.74, 6) is -1.25. The molecule has 1 aromatic carbocycles. The molecule has 0 radical (unpaired) electrons. The van der Waals surface area contributed by atoms with Gasteiger partial charge in [-0.05, 0) is 24.6 Å². The van der Waals surface area contributed by atoms with E-state index in [1.807, 2.05) is 0 Å². The van der Waals surface area contributed by atoms with Gasteiger partial charge in [0.05, 0.1) is 6.10 Å². The number of hydrogen-bond donors (Lipinski definition) is 4. The largest absolute Gasteiger partial charge is 0.391 e. The van der Waals surface area contributed by atoms with Crippen molar-refractivity contribution in [3.05, 3.63) is 35.4 Å². The maximum absolute atomic E-state index is 11.8. The lowest BCUT2D eigenvalue weighted by Gasteiger charge is -2.18. The molecule has 98 valence electrons. The number of aliphatic hydroxyl groups is 1. The number of rotatable bonds is 5. The Kier molecular flexibility index (Phi) is 4.82. The Bertz CT molecular complexity index is 429. The van der Waals surface area contributed by atoms with E-state index < -0.39 is 24.0 Å². The average Bonchev–Trinajstić information content (AvgIpc) is 2.35. The van der Waals surface area contributed by atoms with Gasteiger partial charge in [0.25, 0.3) is 5.91 Å². The standard InChI is InChI=1S/C12H17N3O3/c1-7(16)10(11(14)17)15-12(18)9-4-2-8(6-13)3-5-9/h2-5,7,10,16H,6,13H2,1H3,(H2,14,17)(H,15,18). The number of hydrogen-bond acceptors (Lipinski definition) is 4. The highest BCUT2D eigenvalue weighted by Gasteiger charge is 2.23. The molecule has 2 atom stereocenters. The highest BCUT2D eigenvalue weighted by molar-refractivity contribution is 5.97. The molecule has 1 rings (SSSR count). The van der Waals surface area contributed by atoms with Crippen LogP contribution in [0.15, 0.2) is 24.3 Å². The zero-order valence-electron chi connectivity index (χ0n) is 10.1. The van der Waals surface area contributed by atoms with Crippen LogP contribution in [0.4, 0.5) is 0 Å². The van der Waals surface area contributed by atoms with Crippen LogP contribution in [0.3, 0.4) is 0 Å². The molecule has 0 saturated carbocycles. The van der Waals surface area contributed by atoms with Crippen LogP contribution in [0.2, 0.25) is 0 Å². The summed E-state index contributed by atoms with van der Waals surface area (Å²) >= 11 is 0. The fourth-order valence-electron chi connectivity index (χ4n) is 1.45. The first-order valence-corrected chi connectivity index (χ1v) is 5.53. The topological polar surface area (TPSA) is 118 Å². The summed E-state index contributed by atoms with van der Waals surface area (Å²) in [7, 11) is 0. The molecule has 18 heavy (non-hydrogen) atoms. The second kappa shape index (κ2) is 6.13. The van der Waals surface area contributed by atoms with E-state index in [0.29, 0.717) is 12.1 Å². The molecule has 6 heteroatoms. The van der Waals surface area contributed by atoms with Crippen molar-refractivity contribution in [2.45, 2.75) is 25.6 Å². The predicted octanol–water partition coefficient (Wildman–Crippen LogP) is -0.890. The van der Waals surface area contributed by atoms with Crippen LogP contribution in [0.25, 0.3) is 0 Å². The zero-order valence-corrected chi connectivity index (χ0v) is 10.1. The molecular weight excluding hydrogens is 234 g/mol. The van der Waals surface area contributed by atoms with E-state index in [1.165, 1.54) is 6.92 Å². The highest BCUT2D eigenvalue weighted by Crippen LogP contribution is 2.04. The van der Waals surface area contributed by atoms with Crippen molar-refractivity contribution in [2.75, 3.05) is 0 Å². The van der Waals surface area contributed by atoms with Crippen LogP contribution >= 0.6 is 0 Å². The van der Waals surface area contributed by atoms with Crippen molar-refractivity contribution in [2.24, 2.45) is 11.5 Å². The minimum atomic E-state index is -1.10. The lowest BCUT2D eigenvalue weighted by atomic mass is 10.1. The number of nitrogens with one attached hydrogen (secondary N) is 1. The summed E-state index contributed by atoms with van der Waals surface area (Å²) in [5, 5.41) is 11.7. The normalized spacial score (nSPS) is 13.7. The van der Waals surface area contributed by atoms with Gasteiger partial charge in [0, 0.05) is 12.1 Å². The Balaban J connectivity index is 2.77. The van der Waals surface area contributed by atoms with Crippen LogP contribution in [0.5, 0.6) is 0 Å². The van der Waals surface area contributed by atoms with Gasteiger partial charge in [-0.25, -0.2) is 0 Å². The van der Waals surface area contributed by atoms with Crippen molar-refractivity contribution in [3.8, 4) is 0 Å². The third-order valence-corrected chi connectivity index (χ3v) is 2.53. The van der Waals surface area contributed by atoms with Crippen LogP contribution < -0.4 is 16.8 Å². The number of aliphatic hydroxyl groups excluding tert-OH is 1. The Hall–Kier alpha value is -1.92. The quantitative estimate of drug-likeness (QED) is 0.542. The molecule has 2 amide bonds. The van der Waals surface area contributed by atoms with Gasteiger partial charge in [-0.3, -0.25) is 9.59 Å². The number of carbonyl (C=O) groups is 2. The second-order valence-corrected chi connectivity index (χ2v) is 4.00. The number of amides is 2. The van der Waals surface area contributed by atoms with Crippen molar-refractivity contribution in [3.63, 3.8) is 0 Å². The molecular formula is C12H17N3O3. The summed E-state index contributed by atoms with van der Waals surface area (Å²) in [4.78, 5) is 22.8. The number of nitrogens with two attached hydrogens (primary N) is 2. The maximum atomic E-state index is 11.8. The van der Waals surface area contributed by atoms with E-state index in [2.05, 4.69) is 5.32 Å². The molecule has 1 aromatic rings. The van der Waals surface area contributed by atoms with Crippen molar-refractivity contribution in [1.82, 2.24) is 5.32 Å². The Morgan fingerprint density at radius 2 is 1.89 bits per heavy atom. The smallest absolute Gasteiger partial charge is 0.252 e. The minimum absolute atomic E-state index is 0.374. The van der Waals surface area contributed by atoms with Crippen molar-refractivity contribution >= 4 is 11.8 Å². The van der Waals surface area contributed by atoms with Gasteiger partial charge in [0.15, 0.2) is 0 Å². The minimum Gasteiger partial charge on any atom is -0.391 e. The second-order valence-electron chi connectivity index (χ2n) is 4.00. The summed E-state index contributed by atoms with van der Waals surface area (Å²) in [6.45, 7) is 1.77. The summed E-state index contributed by atoms with van der Waals surface area (Å²) in [5.41, 5.74) is 11.8. The molecule has 0 aliphatic carbocycles. The van der Waals surface area contributed by atoms with Gasteiger partial charge < -0.3 is 21.9 Å². The first kappa shape index (κ1) is 14.1. The van der Waals surface area contributed by atoms with E-state index in [1.54, 1.807) is 24.3 Å². The number of carbonyl (C=O) groups excluding carboxylic acids is 2. The number of primary amides is 1. The van der Waals surface area contributed by atoms with Gasteiger partial charge in [-0.1, -0.05) is 12.1 Å². The molecule has 0 spiro atoms. The third-order valence-electron chi connectivity index (χ3n) is 2.53. The molecule has 0 aromatic heterocycles. The van der Waals surface area contributed by atoms with Crippen LogP contribution in [0, 0.1) is 0 Å². The summed E-state index contributed by atoms with van der Waals surface area (Å²) in [6, 6.07) is 5.52. The lowest BCUT2D eigenvalue weighted by molar-refractivity contribution is -0.122. The van der Waals surface area contributed by atoms with Crippen LogP contribution in [-0.2, 0) is 11.3 Å². The van der Waals surface area contributed by atoms with Gasteiger partial charge in [-0.15, -0.1) is 0 Å². The predicted molar refractivity (Wildman–Crippen MR) is 66.5 cm³/mol. The van der Waals surface area contributed by atoms with E-state index in [-0.39, 0.29) is 0 Å². The molecule has 6 nitrogen and oxygen atoms in total. The number of benzene rings is 1. The average molecular weight is 251 g/mol. The zero-order chi connectivity index (χ0) is 13.7. The first-order chi connectivity index (χ1) is 8.45. The lowest BCUT2D eigenvalue weighted by Crippen LogP contribution is -2.50. The monoisotopic (exact) mass is 251 g/mol. The molecule has 2 unspecified atom stereocenters. The Morgan fingerprint density at radius 1 is 1.33 bits per heavy atom. The highest BCUT2D eigenvalue weighted by atomic mass is 16.3. The molecule has 0 aliphatic rings. The van der Waals surface area contributed by atoms with E-state index in [0.717, 1.165) is 5.56 Å². The first-order valence-electron chi connectivity index (χ1n) is 5.53. The van der Waals surface area contributed by atoms with Crippen LogP contribution in [0.1, 0.15) is 22.8 Å². The summed E-state index contributed by atoms with van der Waals surface area (Å²) in [6.07, 6.45) is -1.05. The molecule has 0 saturated heterocycles. The molecule has 0 bridgehead atoms. The molecule has 0 heterocycles.